The molecule has 0 aromatic heterocycles. The van der Waals surface area contributed by atoms with Gasteiger partial charge in [0, 0.05) is 33.4 Å². The van der Waals surface area contributed by atoms with Crippen molar-refractivity contribution in [3.8, 4) is 55.6 Å². The predicted molar refractivity (Wildman–Crippen MR) is 403 cm³/mol. The lowest BCUT2D eigenvalue weighted by atomic mass is 9.94. The van der Waals surface area contributed by atoms with Crippen LogP contribution in [0.3, 0.4) is 0 Å². The molecule has 0 fully saturated rings. The van der Waals surface area contributed by atoms with Gasteiger partial charge in [0.05, 0.1) is 17.1 Å². The van der Waals surface area contributed by atoms with Crippen molar-refractivity contribution in [3.63, 3.8) is 0 Å². The molecule has 18 aromatic carbocycles. The molecule has 18 rings (SSSR count). The van der Waals surface area contributed by atoms with Crippen molar-refractivity contribution < 1.29 is 0 Å². The molecule has 0 aliphatic heterocycles. The Kier molecular flexibility index (Phi) is 13.3. The second-order valence-electron chi connectivity index (χ2n) is 24.8. The van der Waals surface area contributed by atoms with Crippen LogP contribution >= 0.6 is 0 Å². The first-order valence-corrected chi connectivity index (χ1v) is 32.4. The molecular weight excluding hydrogens is 1130 g/mol. The normalized spacial score (nSPS) is 11.6. The van der Waals surface area contributed by atoms with E-state index in [9.17, 15) is 0 Å². The highest BCUT2D eigenvalue weighted by molar-refractivity contribution is 6.21. The molecule has 0 saturated carbocycles. The largest absolute Gasteiger partial charge is 0.310 e. The van der Waals surface area contributed by atoms with Crippen molar-refractivity contribution in [3.05, 3.63) is 364 Å². The van der Waals surface area contributed by atoms with Crippen LogP contribution in [0.1, 0.15) is 0 Å². The molecule has 0 N–H and O–H groups in total. The Morgan fingerprint density at radius 1 is 0.138 bits per heavy atom. The molecule has 0 aliphatic rings. The fraction of sp³-hybridized carbons (Fsp3) is 0. The van der Waals surface area contributed by atoms with Gasteiger partial charge in [-0.15, -0.1) is 0 Å². The first-order chi connectivity index (χ1) is 46.6. The maximum Gasteiger partial charge on any atom is 0.0540 e. The second kappa shape index (κ2) is 22.8. The zero-order chi connectivity index (χ0) is 62.1. The predicted octanol–water partition coefficient (Wildman–Crippen LogP) is 26.2. The van der Waals surface area contributed by atoms with Crippen LogP contribution in [0.2, 0.25) is 0 Å². The minimum atomic E-state index is 1.09. The van der Waals surface area contributed by atoms with E-state index in [2.05, 4.69) is 374 Å². The number of para-hydroxylation sites is 1. The maximum absolute atomic E-state index is 2.47. The van der Waals surface area contributed by atoms with Crippen molar-refractivity contribution in [2.75, 3.05) is 9.80 Å². The highest BCUT2D eigenvalue weighted by Crippen LogP contribution is 2.48. The van der Waals surface area contributed by atoms with E-state index in [4.69, 9.17) is 0 Å². The third-order valence-corrected chi connectivity index (χ3v) is 19.4. The Morgan fingerprint density at radius 3 is 1.00 bits per heavy atom. The summed E-state index contributed by atoms with van der Waals surface area (Å²) in [6, 6.07) is 134. The van der Waals surface area contributed by atoms with Crippen molar-refractivity contribution in [2.45, 2.75) is 0 Å². The first kappa shape index (κ1) is 54.6. The first-order valence-electron chi connectivity index (χ1n) is 32.4. The summed E-state index contributed by atoms with van der Waals surface area (Å²) in [7, 11) is 0. The lowest BCUT2D eigenvalue weighted by Crippen LogP contribution is -2.12. The molecule has 0 bridgehead atoms. The van der Waals surface area contributed by atoms with E-state index >= 15 is 0 Å². The minimum absolute atomic E-state index is 1.09. The van der Waals surface area contributed by atoms with Gasteiger partial charge >= 0.3 is 0 Å². The van der Waals surface area contributed by atoms with Crippen LogP contribution in [0.25, 0.3) is 142 Å². The Hall–Kier alpha value is -12.4. The number of hydrogen-bond acceptors (Lipinski definition) is 2. The van der Waals surface area contributed by atoms with Gasteiger partial charge < -0.3 is 9.80 Å². The monoisotopic (exact) mass is 1190 g/mol. The standard InChI is InChI=1S/C92H60N2/c1-3-17-61(18-4-1)62-43-47-76(48-44-62)93(91-33-15-30-82-86-49-45-66-21-7-9-27-79(66)84(86)51-53-88(82)91)77-25-13-23-68(59-77)70-39-35-63-37-41-72(57-74(63)55-70)73-42-38-64-36-40-71(56-75(64)58-73)69-24-14-26-78(60-69)94(90-32-12-11-29-81(90)65-19-5-2-6-20-65)92-34-16-31-83-87-50-46-67-22-8-10-28-80(67)85(87)52-54-89(83)92/h1-60H. The summed E-state index contributed by atoms with van der Waals surface area (Å²) < 4.78 is 0. The zero-order valence-corrected chi connectivity index (χ0v) is 51.5. The van der Waals surface area contributed by atoms with Gasteiger partial charge in [0.2, 0.25) is 0 Å². The van der Waals surface area contributed by atoms with Crippen LogP contribution in [0.15, 0.2) is 364 Å². The summed E-state index contributed by atoms with van der Waals surface area (Å²) in [4.78, 5) is 4.90. The highest BCUT2D eigenvalue weighted by Gasteiger charge is 2.22. The molecule has 0 spiro atoms. The summed E-state index contributed by atoms with van der Waals surface area (Å²) in [5.41, 5.74) is 18.3. The lowest BCUT2D eigenvalue weighted by Gasteiger charge is -2.29. The summed E-state index contributed by atoms with van der Waals surface area (Å²) in [5, 5.41) is 19.7. The van der Waals surface area contributed by atoms with Crippen LogP contribution < -0.4 is 9.80 Å². The van der Waals surface area contributed by atoms with Gasteiger partial charge in [0.15, 0.2) is 0 Å². The molecule has 2 nitrogen and oxygen atoms in total. The zero-order valence-electron chi connectivity index (χ0n) is 51.5. The van der Waals surface area contributed by atoms with Gasteiger partial charge in [-0.05, 0) is 204 Å². The van der Waals surface area contributed by atoms with Gasteiger partial charge in [-0.25, -0.2) is 0 Å². The number of fused-ring (bicyclic) bond motifs is 12. The van der Waals surface area contributed by atoms with Crippen molar-refractivity contribution in [1.82, 2.24) is 0 Å². The molecule has 18 aromatic rings. The average Bonchev–Trinajstić information content (AvgIpc) is 0.880. The van der Waals surface area contributed by atoms with Crippen LogP contribution in [-0.2, 0) is 0 Å². The number of anilines is 6. The second-order valence-corrected chi connectivity index (χ2v) is 24.8. The average molecular weight is 1190 g/mol. The topological polar surface area (TPSA) is 6.48 Å². The highest BCUT2D eigenvalue weighted by atomic mass is 15.2. The van der Waals surface area contributed by atoms with Crippen LogP contribution in [0.4, 0.5) is 34.1 Å². The molecule has 0 atom stereocenters. The van der Waals surface area contributed by atoms with E-state index < -0.39 is 0 Å². The van der Waals surface area contributed by atoms with E-state index in [-0.39, 0.29) is 0 Å². The fourth-order valence-electron chi connectivity index (χ4n) is 14.7. The van der Waals surface area contributed by atoms with Crippen LogP contribution in [0.5, 0.6) is 0 Å². The molecular formula is C92H60N2. The molecule has 0 aliphatic carbocycles. The molecule has 0 amide bonds. The molecule has 2 heteroatoms. The maximum atomic E-state index is 2.47. The van der Waals surface area contributed by atoms with E-state index in [1.807, 2.05) is 0 Å². The molecule has 94 heavy (non-hydrogen) atoms. The summed E-state index contributed by atoms with van der Waals surface area (Å²) in [6.07, 6.45) is 0. The quantitative estimate of drug-likeness (QED) is 0.119. The van der Waals surface area contributed by atoms with Gasteiger partial charge in [-0.2, -0.15) is 0 Å². The number of benzene rings is 18. The molecule has 0 heterocycles. The summed E-state index contributed by atoms with van der Waals surface area (Å²) >= 11 is 0. The van der Waals surface area contributed by atoms with Crippen molar-refractivity contribution in [2.24, 2.45) is 0 Å². The summed E-state index contributed by atoms with van der Waals surface area (Å²) in [5.74, 6) is 0. The number of rotatable bonds is 11. The molecule has 0 saturated heterocycles. The number of hydrogen-bond donors (Lipinski definition) is 0. The Labute approximate surface area is 546 Å². The van der Waals surface area contributed by atoms with E-state index in [0.29, 0.717) is 0 Å². The molecule has 438 valence electrons. The fourth-order valence-corrected chi connectivity index (χ4v) is 14.7. The number of nitrogens with zero attached hydrogens (tertiary/aromatic N) is 2. The van der Waals surface area contributed by atoms with E-state index in [1.165, 1.54) is 120 Å². The smallest absolute Gasteiger partial charge is 0.0540 e. The van der Waals surface area contributed by atoms with Gasteiger partial charge in [0.1, 0.15) is 0 Å². The van der Waals surface area contributed by atoms with Gasteiger partial charge in [-0.3, -0.25) is 0 Å². The Bertz CT molecular complexity index is 5990. The molecule has 0 unspecified atom stereocenters. The van der Waals surface area contributed by atoms with Crippen LogP contribution in [0, 0.1) is 0 Å². The third-order valence-electron chi connectivity index (χ3n) is 19.4. The molecule has 0 radical (unpaired) electrons. The minimum Gasteiger partial charge on any atom is -0.310 e. The van der Waals surface area contributed by atoms with Crippen molar-refractivity contribution in [1.29, 1.82) is 0 Å². The van der Waals surface area contributed by atoms with Gasteiger partial charge in [0.25, 0.3) is 0 Å². The van der Waals surface area contributed by atoms with E-state index in [0.717, 1.165) is 56.4 Å². The summed E-state index contributed by atoms with van der Waals surface area (Å²) in [6.45, 7) is 0. The van der Waals surface area contributed by atoms with E-state index in [1.54, 1.807) is 0 Å². The lowest BCUT2D eigenvalue weighted by molar-refractivity contribution is 1.30. The third kappa shape index (κ3) is 9.59. The Morgan fingerprint density at radius 2 is 0.468 bits per heavy atom. The SMILES string of the molecule is c1ccc(-c2ccc(N(c3cccc(-c4ccc5ccc(-c6ccc7ccc(-c8cccc(N(c9ccccc9-c9ccccc9)c9cccc%10c9ccc9c%11ccccc%11ccc%109)c8)cc7c6)cc5c4)c3)c3cccc4c3ccc3c5ccccc5ccc43)cc2)cc1. The Balaban J connectivity index is 0.700. The van der Waals surface area contributed by atoms with Crippen molar-refractivity contribution >= 4 is 120 Å². The van der Waals surface area contributed by atoms with Gasteiger partial charge in [-0.1, -0.05) is 285 Å². The van der Waals surface area contributed by atoms with Crippen LogP contribution in [-0.4, -0.2) is 0 Å².